The molecule has 1 fully saturated rings. The van der Waals surface area contributed by atoms with E-state index >= 15 is 0 Å². The van der Waals surface area contributed by atoms with Crippen molar-refractivity contribution in [3.05, 3.63) is 14.5 Å². The van der Waals surface area contributed by atoms with Crippen molar-refractivity contribution in [3.63, 3.8) is 0 Å². The number of esters is 1. The van der Waals surface area contributed by atoms with Crippen LogP contribution in [0.15, 0.2) is 3.79 Å². The maximum absolute atomic E-state index is 13.5. The summed E-state index contributed by atoms with van der Waals surface area (Å²) in [6.45, 7) is 1.92. The number of ether oxygens (including phenoxy) is 1. The molecule has 0 bridgehead atoms. The third kappa shape index (κ3) is 2.74. The van der Waals surface area contributed by atoms with Crippen molar-refractivity contribution >= 4 is 33.2 Å². The summed E-state index contributed by atoms with van der Waals surface area (Å²) in [5.41, 5.74) is 0.875. The number of methoxy groups -OCH3 is 1. The van der Waals surface area contributed by atoms with Gasteiger partial charge in [-0.2, -0.15) is 0 Å². The van der Waals surface area contributed by atoms with Crippen LogP contribution in [-0.4, -0.2) is 24.2 Å². The molecule has 3 atom stereocenters. The van der Waals surface area contributed by atoms with E-state index in [1.165, 1.54) is 7.11 Å². The van der Waals surface area contributed by atoms with Crippen molar-refractivity contribution in [1.82, 2.24) is 4.98 Å². The Balaban J connectivity index is 2.29. The van der Waals surface area contributed by atoms with Gasteiger partial charge in [0.05, 0.1) is 27.5 Å². The fraction of sp³-hybridized carbons (Fsp3) is 0.667. The minimum absolute atomic E-state index is 0.0382. The second-order valence-electron chi connectivity index (χ2n) is 4.54. The molecule has 3 nitrogen and oxygen atoms in total. The van der Waals surface area contributed by atoms with E-state index in [1.807, 2.05) is 6.92 Å². The summed E-state index contributed by atoms with van der Waals surface area (Å²) in [6.07, 6.45) is 0.452. The molecule has 0 radical (unpaired) electrons. The lowest BCUT2D eigenvalue weighted by atomic mass is 9.77. The van der Waals surface area contributed by atoms with Crippen LogP contribution >= 0.6 is 27.3 Å². The zero-order chi connectivity index (χ0) is 13.3. The molecule has 0 N–H and O–H groups in total. The average molecular weight is 336 g/mol. The lowest BCUT2D eigenvalue weighted by Crippen LogP contribution is -2.31. The number of hydrogen-bond acceptors (Lipinski definition) is 4. The van der Waals surface area contributed by atoms with Gasteiger partial charge in [-0.05, 0) is 42.1 Å². The standard InChI is InChI=1S/C12H15BrFNO2S/c1-6-15-10(11(13)18-6)8-4-3-7(14)5-9(8)12(16)17-2/h7-9H,3-5H2,1-2H3. The zero-order valence-electron chi connectivity index (χ0n) is 10.3. The summed E-state index contributed by atoms with van der Waals surface area (Å²) in [5.74, 6) is -0.791. The molecule has 0 aromatic carbocycles. The number of hydrogen-bond donors (Lipinski definition) is 0. The smallest absolute Gasteiger partial charge is 0.309 e. The van der Waals surface area contributed by atoms with Crippen LogP contribution < -0.4 is 0 Å². The molecule has 1 heterocycles. The molecule has 2 rings (SSSR count). The minimum atomic E-state index is -0.913. The molecule has 1 aromatic rings. The van der Waals surface area contributed by atoms with Gasteiger partial charge in [-0.15, -0.1) is 11.3 Å². The Morgan fingerprint density at radius 3 is 2.83 bits per heavy atom. The highest BCUT2D eigenvalue weighted by Crippen LogP contribution is 2.43. The quantitative estimate of drug-likeness (QED) is 0.775. The van der Waals surface area contributed by atoms with Gasteiger partial charge in [0.2, 0.25) is 0 Å². The number of alkyl halides is 1. The Bertz CT molecular complexity index is 451. The summed E-state index contributed by atoms with van der Waals surface area (Å²) < 4.78 is 19.2. The summed E-state index contributed by atoms with van der Waals surface area (Å²) in [6, 6.07) is 0. The number of halogens is 2. The van der Waals surface area contributed by atoms with Crippen LogP contribution in [0, 0.1) is 12.8 Å². The second-order valence-corrected chi connectivity index (χ2v) is 7.06. The van der Waals surface area contributed by atoms with Crippen molar-refractivity contribution in [3.8, 4) is 0 Å². The van der Waals surface area contributed by atoms with Crippen LogP contribution in [0.25, 0.3) is 0 Å². The van der Waals surface area contributed by atoms with Gasteiger partial charge < -0.3 is 4.74 Å². The molecule has 0 spiro atoms. The summed E-state index contributed by atoms with van der Waals surface area (Å²) >= 11 is 5.02. The Hall–Kier alpha value is -0.490. The van der Waals surface area contributed by atoms with Crippen LogP contribution in [0.1, 0.15) is 35.9 Å². The third-order valence-electron chi connectivity index (χ3n) is 3.36. The van der Waals surface area contributed by atoms with Gasteiger partial charge in [-0.1, -0.05) is 0 Å². The molecule has 0 saturated heterocycles. The van der Waals surface area contributed by atoms with E-state index in [4.69, 9.17) is 4.74 Å². The molecule has 6 heteroatoms. The monoisotopic (exact) mass is 335 g/mol. The number of thiazole rings is 1. The van der Waals surface area contributed by atoms with Gasteiger partial charge in [0.1, 0.15) is 6.17 Å². The average Bonchev–Trinajstić information content (AvgIpc) is 2.67. The van der Waals surface area contributed by atoms with Crippen molar-refractivity contribution in [2.24, 2.45) is 5.92 Å². The van der Waals surface area contributed by atoms with Crippen LogP contribution in [0.5, 0.6) is 0 Å². The van der Waals surface area contributed by atoms with Crippen molar-refractivity contribution < 1.29 is 13.9 Å². The SMILES string of the molecule is COC(=O)C1CC(F)CCC1c1nc(C)sc1Br. The fourth-order valence-corrected chi connectivity index (χ4v) is 4.30. The molecule has 1 aliphatic carbocycles. The zero-order valence-corrected chi connectivity index (χ0v) is 12.7. The van der Waals surface area contributed by atoms with Crippen LogP contribution in [0.4, 0.5) is 4.39 Å². The van der Waals surface area contributed by atoms with E-state index < -0.39 is 12.1 Å². The highest BCUT2D eigenvalue weighted by atomic mass is 79.9. The molecular weight excluding hydrogens is 321 g/mol. The summed E-state index contributed by atoms with van der Waals surface area (Å²) in [4.78, 5) is 16.3. The largest absolute Gasteiger partial charge is 0.469 e. The van der Waals surface area contributed by atoms with Crippen molar-refractivity contribution in [1.29, 1.82) is 0 Å². The molecule has 1 aliphatic rings. The van der Waals surface area contributed by atoms with Gasteiger partial charge in [-0.25, -0.2) is 9.37 Å². The summed E-state index contributed by atoms with van der Waals surface area (Å²) in [5, 5.41) is 0.947. The van der Waals surface area contributed by atoms with Crippen LogP contribution in [-0.2, 0) is 9.53 Å². The Labute approximate surface area is 118 Å². The number of carbonyl (C=O) groups is 1. The number of aryl methyl sites for hydroxylation is 1. The number of aromatic nitrogens is 1. The molecule has 1 aromatic heterocycles. The van der Waals surface area contributed by atoms with E-state index in [0.717, 1.165) is 14.5 Å². The van der Waals surface area contributed by atoms with E-state index in [9.17, 15) is 9.18 Å². The maximum atomic E-state index is 13.5. The molecular formula is C12H15BrFNO2S. The number of rotatable bonds is 2. The van der Waals surface area contributed by atoms with Crippen LogP contribution in [0.3, 0.4) is 0 Å². The maximum Gasteiger partial charge on any atom is 0.309 e. The van der Waals surface area contributed by atoms with E-state index in [2.05, 4.69) is 20.9 Å². The normalized spacial score (nSPS) is 28.1. The second kappa shape index (κ2) is 5.65. The van der Waals surface area contributed by atoms with Crippen molar-refractivity contribution in [2.45, 2.75) is 38.3 Å². The van der Waals surface area contributed by atoms with Crippen molar-refractivity contribution in [2.75, 3.05) is 7.11 Å². The van der Waals surface area contributed by atoms with Gasteiger partial charge >= 0.3 is 5.97 Å². The Kier molecular flexibility index (Phi) is 4.37. The molecule has 100 valence electrons. The number of nitrogens with zero attached hydrogens (tertiary/aromatic N) is 1. The lowest BCUT2D eigenvalue weighted by molar-refractivity contribution is -0.148. The van der Waals surface area contributed by atoms with E-state index in [0.29, 0.717) is 12.8 Å². The Morgan fingerprint density at radius 1 is 1.56 bits per heavy atom. The van der Waals surface area contributed by atoms with Gasteiger partial charge in [0.15, 0.2) is 0 Å². The van der Waals surface area contributed by atoms with Crippen LogP contribution in [0.2, 0.25) is 0 Å². The predicted octanol–water partition coefficient (Wildman–Crippen LogP) is 3.61. The first-order chi connectivity index (χ1) is 8.52. The number of carbonyl (C=O) groups excluding carboxylic acids is 1. The van der Waals surface area contributed by atoms with Gasteiger partial charge in [-0.3, -0.25) is 4.79 Å². The molecule has 3 unspecified atom stereocenters. The third-order valence-corrected chi connectivity index (χ3v) is 5.02. The first-order valence-corrected chi connectivity index (χ1v) is 7.48. The van der Waals surface area contributed by atoms with Gasteiger partial charge in [0.25, 0.3) is 0 Å². The highest BCUT2D eigenvalue weighted by Gasteiger charge is 2.39. The summed E-state index contributed by atoms with van der Waals surface area (Å²) in [7, 11) is 1.35. The van der Waals surface area contributed by atoms with E-state index in [-0.39, 0.29) is 18.3 Å². The first-order valence-electron chi connectivity index (χ1n) is 5.87. The predicted molar refractivity (Wildman–Crippen MR) is 71.5 cm³/mol. The molecule has 1 saturated carbocycles. The van der Waals surface area contributed by atoms with E-state index in [1.54, 1.807) is 11.3 Å². The molecule has 18 heavy (non-hydrogen) atoms. The van der Waals surface area contributed by atoms with Gasteiger partial charge in [0, 0.05) is 5.92 Å². The first kappa shape index (κ1) is 13.9. The fourth-order valence-electron chi connectivity index (χ4n) is 2.51. The lowest BCUT2D eigenvalue weighted by Gasteiger charge is -2.30. The molecule has 0 aliphatic heterocycles. The highest BCUT2D eigenvalue weighted by molar-refractivity contribution is 9.11. The molecule has 0 amide bonds. The minimum Gasteiger partial charge on any atom is -0.469 e. The topological polar surface area (TPSA) is 39.2 Å². The Morgan fingerprint density at radius 2 is 2.28 bits per heavy atom.